The predicted molar refractivity (Wildman–Crippen MR) is 148 cm³/mol. The number of halogens is 5. The number of H-pyrrole nitrogens is 1. The number of aliphatic imine (C=N–C) groups is 1. The van der Waals surface area contributed by atoms with E-state index in [4.69, 9.17) is 11.6 Å². The molecule has 0 radical (unpaired) electrons. The van der Waals surface area contributed by atoms with Crippen molar-refractivity contribution >= 4 is 28.7 Å². The van der Waals surface area contributed by atoms with Gasteiger partial charge in [0.1, 0.15) is 11.6 Å². The molecule has 37 heavy (non-hydrogen) atoms. The fourth-order valence-corrected chi connectivity index (χ4v) is 4.16. The molecule has 1 heterocycles. The van der Waals surface area contributed by atoms with Crippen molar-refractivity contribution < 1.29 is 17.6 Å². The molecule has 0 saturated heterocycles. The summed E-state index contributed by atoms with van der Waals surface area (Å²) in [5.41, 5.74) is 3.78. The molecule has 0 aliphatic rings. The third-order valence-electron chi connectivity index (χ3n) is 6.13. The summed E-state index contributed by atoms with van der Waals surface area (Å²) in [5.74, 6) is -2.86. The maximum atomic E-state index is 14.5. The zero-order valence-corrected chi connectivity index (χ0v) is 23.0. The van der Waals surface area contributed by atoms with Gasteiger partial charge in [-0.1, -0.05) is 63.1 Å². The normalized spacial score (nSPS) is 13.3. The zero-order chi connectivity index (χ0) is 27.7. The highest BCUT2D eigenvalue weighted by Gasteiger charge is 2.23. The van der Waals surface area contributed by atoms with Crippen molar-refractivity contribution in [2.24, 2.45) is 4.99 Å². The van der Waals surface area contributed by atoms with Crippen LogP contribution in [0, 0.1) is 24.4 Å². The van der Waals surface area contributed by atoms with Crippen LogP contribution < -0.4 is 0 Å². The molecule has 0 spiro atoms. The van der Waals surface area contributed by atoms with Gasteiger partial charge < -0.3 is 4.98 Å². The number of aryl methyl sites for hydroxylation is 2. The maximum absolute atomic E-state index is 14.5. The van der Waals surface area contributed by atoms with Gasteiger partial charge in [-0.2, -0.15) is 0 Å². The molecule has 3 aromatic rings. The largest absolute Gasteiger partial charge is 0.358 e. The molecule has 200 valence electrons. The average molecular weight is 535 g/mol. The Morgan fingerprint density at radius 3 is 2.46 bits per heavy atom. The molecule has 2 nitrogen and oxygen atoms in total. The lowest BCUT2D eigenvalue weighted by atomic mass is 9.91. The lowest BCUT2D eigenvalue weighted by Crippen LogP contribution is -2.05. The van der Waals surface area contributed by atoms with Crippen LogP contribution in [0.2, 0.25) is 5.02 Å². The number of aromatic amines is 1. The van der Waals surface area contributed by atoms with Crippen LogP contribution in [0.15, 0.2) is 52.9 Å². The van der Waals surface area contributed by atoms with Gasteiger partial charge in [0.05, 0.1) is 11.2 Å². The number of rotatable bonds is 8. The number of hydrogen-bond acceptors (Lipinski definition) is 1. The van der Waals surface area contributed by atoms with Crippen LogP contribution >= 0.6 is 11.6 Å². The molecule has 1 unspecified atom stereocenters. The van der Waals surface area contributed by atoms with Gasteiger partial charge in [0.25, 0.3) is 0 Å². The molecule has 0 saturated carbocycles. The quantitative estimate of drug-likeness (QED) is 0.220. The van der Waals surface area contributed by atoms with E-state index in [0.29, 0.717) is 5.52 Å². The number of allylic oxidation sites excluding steroid dienone is 4. The average Bonchev–Trinajstić information content (AvgIpc) is 3.22. The first-order valence-corrected chi connectivity index (χ1v) is 12.9. The van der Waals surface area contributed by atoms with Crippen molar-refractivity contribution in [3.05, 3.63) is 92.8 Å². The molecule has 1 atom stereocenters. The summed E-state index contributed by atoms with van der Waals surface area (Å²) < 4.78 is 54.8. The first-order valence-electron chi connectivity index (χ1n) is 12.5. The van der Waals surface area contributed by atoms with E-state index in [2.05, 4.69) is 16.9 Å². The summed E-state index contributed by atoms with van der Waals surface area (Å²) >= 11 is 5.96. The zero-order valence-electron chi connectivity index (χ0n) is 22.3. The Kier molecular flexibility index (Phi) is 11.6. The molecule has 1 aromatic heterocycles. The predicted octanol–water partition coefficient (Wildman–Crippen LogP) is 10.3. The van der Waals surface area contributed by atoms with Crippen LogP contribution in [0.4, 0.5) is 17.6 Å². The van der Waals surface area contributed by atoms with Crippen LogP contribution in [0.1, 0.15) is 82.2 Å². The molecule has 2 aromatic carbocycles. The lowest BCUT2D eigenvalue weighted by molar-refractivity contribution is 0.490. The minimum atomic E-state index is -0.832. The van der Waals surface area contributed by atoms with E-state index < -0.39 is 23.4 Å². The lowest BCUT2D eigenvalue weighted by Gasteiger charge is -2.15. The first-order chi connectivity index (χ1) is 17.5. The Morgan fingerprint density at radius 2 is 1.84 bits per heavy atom. The van der Waals surface area contributed by atoms with E-state index in [9.17, 15) is 17.6 Å². The minimum Gasteiger partial charge on any atom is -0.358 e. The van der Waals surface area contributed by atoms with Crippen molar-refractivity contribution in [2.45, 2.75) is 73.1 Å². The molecule has 1 N–H and O–H groups in total. The second kappa shape index (κ2) is 14.2. The number of unbranched alkanes of at least 4 members (excludes halogenated alkanes) is 1. The molecule has 0 bridgehead atoms. The fourth-order valence-electron chi connectivity index (χ4n) is 4.00. The number of benzene rings is 2. The van der Waals surface area contributed by atoms with E-state index in [1.165, 1.54) is 25.3 Å². The van der Waals surface area contributed by atoms with Crippen molar-refractivity contribution in [3.8, 4) is 0 Å². The third-order valence-corrected chi connectivity index (χ3v) is 6.42. The number of nitrogens with one attached hydrogen (secondary N) is 1. The topological polar surface area (TPSA) is 28.1 Å². The van der Waals surface area contributed by atoms with Gasteiger partial charge in [0.2, 0.25) is 0 Å². The monoisotopic (exact) mass is 534 g/mol. The summed E-state index contributed by atoms with van der Waals surface area (Å²) in [5, 5.41) is 0.890. The molecule has 7 heteroatoms. The second-order valence-corrected chi connectivity index (χ2v) is 9.35. The molecule has 0 amide bonds. The van der Waals surface area contributed by atoms with Crippen LogP contribution in [-0.2, 0) is 6.42 Å². The van der Waals surface area contributed by atoms with E-state index in [-0.39, 0.29) is 22.0 Å². The van der Waals surface area contributed by atoms with Gasteiger partial charge in [-0.15, -0.1) is 0 Å². The summed E-state index contributed by atoms with van der Waals surface area (Å²) in [6.45, 7) is 11.0. The van der Waals surface area contributed by atoms with Crippen molar-refractivity contribution in [2.75, 3.05) is 0 Å². The molecular formula is C30H35ClF4N2. The van der Waals surface area contributed by atoms with Gasteiger partial charge in [-0.05, 0) is 68.9 Å². The van der Waals surface area contributed by atoms with Crippen molar-refractivity contribution in [3.63, 3.8) is 0 Å². The Bertz CT molecular complexity index is 1300. The summed E-state index contributed by atoms with van der Waals surface area (Å²) in [6, 6.07) is 6.15. The Morgan fingerprint density at radius 1 is 1.14 bits per heavy atom. The second-order valence-electron chi connectivity index (χ2n) is 8.94. The number of fused-ring (bicyclic) bond motifs is 1. The van der Waals surface area contributed by atoms with E-state index in [0.717, 1.165) is 48.0 Å². The van der Waals surface area contributed by atoms with Crippen LogP contribution in [0.25, 0.3) is 10.9 Å². The van der Waals surface area contributed by atoms with Crippen molar-refractivity contribution in [1.82, 2.24) is 4.98 Å². The van der Waals surface area contributed by atoms with Crippen LogP contribution in [0.5, 0.6) is 0 Å². The molecule has 0 fully saturated rings. The van der Waals surface area contributed by atoms with Gasteiger partial charge in [-0.3, -0.25) is 4.99 Å². The van der Waals surface area contributed by atoms with Gasteiger partial charge >= 0.3 is 0 Å². The highest BCUT2D eigenvalue weighted by molar-refractivity contribution is 6.31. The highest BCUT2D eigenvalue weighted by atomic mass is 35.5. The van der Waals surface area contributed by atoms with Gasteiger partial charge in [-0.25, -0.2) is 17.6 Å². The summed E-state index contributed by atoms with van der Waals surface area (Å²) in [4.78, 5) is 7.09. The summed E-state index contributed by atoms with van der Waals surface area (Å²) in [7, 11) is 0. The SMILES string of the molecule is CCCCc1c(C(C)c2ccc(C)c(F)c2F)[nH]c2cc(F)c(Cl)cc12.C\C=C(F)/C=N/C(C)=C/CC. The number of nitrogens with zero attached hydrogens (tertiary/aromatic N) is 1. The fraction of sp³-hybridized carbons (Fsp3) is 0.367. The molecule has 3 rings (SSSR count). The Balaban J connectivity index is 0.000000371. The van der Waals surface area contributed by atoms with Gasteiger partial charge in [0.15, 0.2) is 11.6 Å². The number of aromatic nitrogens is 1. The number of hydrogen-bond donors (Lipinski definition) is 1. The first kappa shape index (κ1) is 30.4. The molecular weight excluding hydrogens is 500 g/mol. The van der Waals surface area contributed by atoms with E-state index in [1.54, 1.807) is 25.1 Å². The standard InChI is InChI=1S/C21H21ClF3N.C9H14FN/c1-4-5-6-14-15-9-16(22)17(23)10-18(15)26-21(14)12(3)13-8-7-11(2)19(24)20(13)25;1-4-6-8(3)11-7-9(10)5-2/h7-10,12,26H,4-6H2,1-3H3;5-7H,4H2,1-3H3/b;8-6+,9-5+,11-7+. The van der Waals surface area contributed by atoms with E-state index in [1.807, 2.05) is 26.8 Å². The van der Waals surface area contributed by atoms with Crippen LogP contribution in [0.3, 0.4) is 0 Å². The Labute approximate surface area is 222 Å². The summed E-state index contributed by atoms with van der Waals surface area (Å²) in [6.07, 6.45) is 8.16. The molecule has 0 aliphatic carbocycles. The van der Waals surface area contributed by atoms with E-state index >= 15 is 0 Å². The minimum absolute atomic E-state index is 0.0565. The Hall–Kier alpha value is -2.86. The maximum Gasteiger partial charge on any atom is 0.162 e. The van der Waals surface area contributed by atoms with Crippen LogP contribution in [-0.4, -0.2) is 11.2 Å². The molecule has 0 aliphatic heterocycles. The highest BCUT2D eigenvalue weighted by Crippen LogP contribution is 2.36. The van der Waals surface area contributed by atoms with Gasteiger partial charge in [0, 0.05) is 28.2 Å². The smallest absolute Gasteiger partial charge is 0.162 e. The third kappa shape index (κ3) is 7.81. The van der Waals surface area contributed by atoms with Crippen molar-refractivity contribution in [1.29, 1.82) is 0 Å².